The third-order valence-corrected chi connectivity index (χ3v) is 2.62. The number of hydrogen-bond acceptors (Lipinski definition) is 3. The van der Waals surface area contributed by atoms with Crippen LogP contribution in [0.25, 0.3) is 22.5 Å². The maximum Gasteiger partial charge on any atom is 0.259 e. The van der Waals surface area contributed by atoms with Crippen LogP contribution in [0.15, 0.2) is 45.8 Å². The standard InChI is InChI=1S/C13H10N2O2/c1-8-4-5-10-9(7-8)13(16)15-12(14-10)11-3-2-6-17-11/h2-7H,1H3,(H,14,15,16). The van der Waals surface area contributed by atoms with Gasteiger partial charge in [0, 0.05) is 0 Å². The van der Waals surface area contributed by atoms with Crippen molar-refractivity contribution in [3.05, 3.63) is 52.5 Å². The van der Waals surface area contributed by atoms with E-state index in [1.807, 2.05) is 25.1 Å². The molecule has 0 radical (unpaired) electrons. The Labute approximate surface area is 96.9 Å². The first-order chi connectivity index (χ1) is 8.24. The quantitative estimate of drug-likeness (QED) is 0.693. The number of nitrogens with zero attached hydrogens (tertiary/aromatic N) is 1. The van der Waals surface area contributed by atoms with Gasteiger partial charge in [-0.2, -0.15) is 0 Å². The minimum Gasteiger partial charge on any atom is -0.461 e. The van der Waals surface area contributed by atoms with Gasteiger partial charge in [-0.1, -0.05) is 11.6 Å². The monoisotopic (exact) mass is 226 g/mol. The molecule has 0 aliphatic heterocycles. The summed E-state index contributed by atoms with van der Waals surface area (Å²) in [5.41, 5.74) is 1.56. The second-order valence-corrected chi connectivity index (χ2v) is 3.91. The fourth-order valence-electron chi connectivity index (χ4n) is 1.78. The number of rotatable bonds is 1. The van der Waals surface area contributed by atoms with Gasteiger partial charge in [0.2, 0.25) is 0 Å². The van der Waals surface area contributed by atoms with Gasteiger partial charge in [-0.15, -0.1) is 0 Å². The summed E-state index contributed by atoms with van der Waals surface area (Å²) in [6.45, 7) is 1.94. The van der Waals surface area contributed by atoms with Crippen molar-refractivity contribution >= 4 is 10.9 Å². The summed E-state index contributed by atoms with van der Waals surface area (Å²) >= 11 is 0. The Kier molecular flexibility index (Phi) is 2.08. The van der Waals surface area contributed by atoms with E-state index in [2.05, 4.69) is 9.97 Å². The highest BCUT2D eigenvalue weighted by Gasteiger charge is 2.07. The number of nitrogens with one attached hydrogen (secondary N) is 1. The first kappa shape index (κ1) is 9.84. The summed E-state index contributed by atoms with van der Waals surface area (Å²) in [6, 6.07) is 9.12. The zero-order chi connectivity index (χ0) is 11.8. The topological polar surface area (TPSA) is 58.9 Å². The molecule has 1 N–H and O–H groups in total. The Morgan fingerprint density at radius 2 is 2.18 bits per heavy atom. The first-order valence-electron chi connectivity index (χ1n) is 5.28. The summed E-state index contributed by atoms with van der Waals surface area (Å²) in [7, 11) is 0. The van der Waals surface area contributed by atoms with E-state index in [4.69, 9.17) is 4.42 Å². The number of hydrogen-bond donors (Lipinski definition) is 1. The van der Waals surface area contributed by atoms with Crippen LogP contribution in [-0.2, 0) is 0 Å². The van der Waals surface area contributed by atoms with Gasteiger partial charge in [-0.25, -0.2) is 4.98 Å². The van der Waals surface area contributed by atoms with Crippen LogP contribution in [0, 0.1) is 6.92 Å². The van der Waals surface area contributed by atoms with Gasteiger partial charge < -0.3 is 9.40 Å². The molecule has 3 aromatic rings. The molecule has 4 heteroatoms. The van der Waals surface area contributed by atoms with Crippen molar-refractivity contribution in [2.45, 2.75) is 6.92 Å². The van der Waals surface area contributed by atoms with E-state index in [-0.39, 0.29) is 5.56 Å². The van der Waals surface area contributed by atoms with E-state index < -0.39 is 0 Å². The lowest BCUT2D eigenvalue weighted by molar-refractivity contribution is 0.577. The van der Waals surface area contributed by atoms with Crippen LogP contribution in [0.5, 0.6) is 0 Å². The number of furan rings is 1. The average Bonchev–Trinajstić information content (AvgIpc) is 2.83. The van der Waals surface area contributed by atoms with E-state index in [0.29, 0.717) is 22.5 Å². The maximum absolute atomic E-state index is 11.9. The zero-order valence-electron chi connectivity index (χ0n) is 9.23. The van der Waals surface area contributed by atoms with Gasteiger partial charge in [0.15, 0.2) is 11.6 Å². The molecule has 0 bridgehead atoms. The van der Waals surface area contributed by atoms with E-state index in [0.717, 1.165) is 5.56 Å². The van der Waals surface area contributed by atoms with Gasteiger partial charge in [-0.05, 0) is 31.2 Å². The largest absolute Gasteiger partial charge is 0.461 e. The molecular formula is C13H10N2O2. The molecule has 2 aromatic heterocycles. The highest BCUT2D eigenvalue weighted by Crippen LogP contribution is 2.16. The third kappa shape index (κ3) is 1.63. The normalized spacial score (nSPS) is 10.9. The molecule has 1 aromatic carbocycles. The van der Waals surface area contributed by atoms with Gasteiger partial charge in [0.05, 0.1) is 17.2 Å². The highest BCUT2D eigenvalue weighted by molar-refractivity contribution is 5.79. The smallest absolute Gasteiger partial charge is 0.259 e. The summed E-state index contributed by atoms with van der Waals surface area (Å²) in [5.74, 6) is 1.01. The van der Waals surface area contributed by atoms with Crippen molar-refractivity contribution in [1.29, 1.82) is 0 Å². The summed E-state index contributed by atoms with van der Waals surface area (Å²) < 4.78 is 5.21. The molecule has 0 fully saturated rings. The minimum absolute atomic E-state index is 0.148. The third-order valence-electron chi connectivity index (χ3n) is 2.62. The Hall–Kier alpha value is -2.36. The Bertz CT molecular complexity index is 727. The van der Waals surface area contributed by atoms with Gasteiger partial charge >= 0.3 is 0 Å². The lowest BCUT2D eigenvalue weighted by Crippen LogP contribution is -2.09. The van der Waals surface area contributed by atoms with Gasteiger partial charge in [0.1, 0.15) is 0 Å². The molecule has 0 aliphatic carbocycles. The second kappa shape index (κ2) is 3.59. The predicted molar refractivity (Wildman–Crippen MR) is 64.8 cm³/mol. The maximum atomic E-state index is 11.9. The van der Waals surface area contributed by atoms with E-state index >= 15 is 0 Å². The van der Waals surface area contributed by atoms with Crippen LogP contribution >= 0.6 is 0 Å². The molecule has 0 amide bonds. The van der Waals surface area contributed by atoms with Crippen molar-refractivity contribution in [2.75, 3.05) is 0 Å². The molecule has 2 heterocycles. The lowest BCUT2D eigenvalue weighted by Gasteiger charge is -2.01. The van der Waals surface area contributed by atoms with Crippen LogP contribution in [0.2, 0.25) is 0 Å². The SMILES string of the molecule is Cc1ccc2nc(-c3ccco3)[nH]c(=O)c2c1. The number of fused-ring (bicyclic) bond motifs is 1. The molecule has 4 nitrogen and oxygen atoms in total. The van der Waals surface area contributed by atoms with Crippen molar-refractivity contribution in [1.82, 2.24) is 9.97 Å². The molecule has 84 valence electrons. The Morgan fingerprint density at radius 1 is 1.29 bits per heavy atom. The Balaban J connectivity index is 2.32. The molecule has 0 unspecified atom stereocenters. The number of aromatic nitrogens is 2. The van der Waals surface area contributed by atoms with E-state index in [1.165, 1.54) is 0 Å². The summed E-state index contributed by atoms with van der Waals surface area (Å²) in [6.07, 6.45) is 1.55. The lowest BCUT2D eigenvalue weighted by atomic mass is 10.2. The van der Waals surface area contributed by atoms with Crippen molar-refractivity contribution < 1.29 is 4.42 Å². The predicted octanol–water partition coefficient (Wildman–Crippen LogP) is 2.49. The summed E-state index contributed by atoms with van der Waals surface area (Å²) in [4.78, 5) is 19.0. The molecule has 0 saturated carbocycles. The number of aryl methyl sites for hydroxylation is 1. The first-order valence-corrected chi connectivity index (χ1v) is 5.28. The van der Waals surface area contributed by atoms with Crippen LogP contribution in [0.4, 0.5) is 0 Å². The van der Waals surface area contributed by atoms with Crippen LogP contribution < -0.4 is 5.56 Å². The zero-order valence-corrected chi connectivity index (χ0v) is 9.23. The van der Waals surface area contributed by atoms with Crippen molar-refractivity contribution in [2.24, 2.45) is 0 Å². The highest BCUT2D eigenvalue weighted by atomic mass is 16.3. The van der Waals surface area contributed by atoms with Gasteiger partial charge in [-0.3, -0.25) is 4.79 Å². The number of benzene rings is 1. The van der Waals surface area contributed by atoms with Crippen molar-refractivity contribution in [3.63, 3.8) is 0 Å². The van der Waals surface area contributed by atoms with Crippen LogP contribution in [-0.4, -0.2) is 9.97 Å². The van der Waals surface area contributed by atoms with Crippen LogP contribution in [0.1, 0.15) is 5.56 Å². The average molecular weight is 226 g/mol. The second-order valence-electron chi connectivity index (χ2n) is 3.91. The van der Waals surface area contributed by atoms with Gasteiger partial charge in [0.25, 0.3) is 5.56 Å². The number of H-pyrrole nitrogens is 1. The molecular weight excluding hydrogens is 216 g/mol. The summed E-state index contributed by atoms with van der Waals surface area (Å²) in [5, 5.41) is 0.598. The Morgan fingerprint density at radius 3 is 2.94 bits per heavy atom. The molecule has 0 aliphatic rings. The fourth-order valence-corrected chi connectivity index (χ4v) is 1.78. The molecule has 0 atom stereocenters. The van der Waals surface area contributed by atoms with E-state index in [9.17, 15) is 4.79 Å². The minimum atomic E-state index is -0.148. The fraction of sp³-hybridized carbons (Fsp3) is 0.0769. The van der Waals surface area contributed by atoms with Crippen LogP contribution in [0.3, 0.4) is 0 Å². The van der Waals surface area contributed by atoms with Crippen molar-refractivity contribution in [3.8, 4) is 11.6 Å². The molecule has 3 rings (SSSR count). The molecule has 0 saturated heterocycles. The molecule has 17 heavy (non-hydrogen) atoms. The van der Waals surface area contributed by atoms with E-state index in [1.54, 1.807) is 18.4 Å². The molecule has 0 spiro atoms. The number of aromatic amines is 1.